The molecule has 1 amide bonds. The summed E-state index contributed by atoms with van der Waals surface area (Å²) in [6.07, 6.45) is 4.59. The molecule has 1 aromatic carbocycles. The molecule has 5 nitrogen and oxygen atoms in total. The molecule has 0 aromatic heterocycles. The molecular formula is C15H19NO4. The van der Waals surface area contributed by atoms with Gasteiger partial charge in [0.2, 0.25) is 0 Å². The molecular weight excluding hydrogens is 258 g/mol. The Balaban J connectivity index is 2.14. The molecule has 1 fully saturated rings. The molecule has 0 unspecified atom stereocenters. The van der Waals surface area contributed by atoms with E-state index in [1.54, 1.807) is 25.3 Å². The van der Waals surface area contributed by atoms with Crippen LogP contribution >= 0.6 is 0 Å². The first-order valence-corrected chi connectivity index (χ1v) is 6.64. The number of carbonyl (C=O) groups excluding carboxylic acids is 1. The highest BCUT2D eigenvalue weighted by molar-refractivity contribution is 5.81. The second kappa shape index (κ2) is 6.96. The van der Waals surface area contributed by atoms with Gasteiger partial charge in [-0.3, -0.25) is 4.79 Å². The van der Waals surface area contributed by atoms with Crippen LogP contribution in [0.3, 0.4) is 0 Å². The topological polar surface area (TPSA) is 67.8 Å². The van der Waals surface area contributed by atoms with Crippen LogP contribution < -0.4 is 14.8 Å². The van der Waals surface area contributed by atoms with Crippen LogP contribution in [0.1, 0.15) is 18.4 Å². The summed E-state index contributed by atoms with van der Waals surface area (Å²) >= 11 is 0. The van der Waals surface area contributed by atoms with E-state index in [1.165, 1.54) is 0 Å². The minimum Gasteiger partial charge on any atom is -0.493 e. The van der Waals surface area contributed by atoms with Crippen molar-refractivity contribution < 1.29 is 19.4 Å². The van der Waals surface area contributed by atoms with E-state index in [9.17, 15) is 4.79 Å². The lowest BCUT2D eigenvalue weighted by Crippen LogP contribution is -2.43. The van der Waals surface area contributed by atoms with Gasteiger partial charge in [0.1, 0.15) is 0 Å². The van der Waals surface area contributed by atoms with Crippen LogP contribution in [-0.4, -0.2) is 37.4 Å². The summed E-state index contributed by atoms with van der Waals surface area (Å²) in [6, 6.07) is 5.44. The molecule has 1 atom stereocenters. The van der Waals surface area contributed by atoms with E-state index in [-0.39, 0.29) is 12.5 Å². The number of nitrogens with one attached hydrogen (secondary N) is 1. The number of ether oxygens (including phenoxy) is 2. The van der Waals surface area contributed by atoms with Gasteiger partial charge in [0.15, 0.2) is 17.6 Å². The summed E-state index contributed by atoms with van der Waals surface area (Å²) in [5.74, 6) is 1.04. The van der Waals surface area contributed by atoms with Gasteiger partial charge < -0.3 is 19.9 Å². The Kier molecular flexibility index (Phi) is 5.01. The number of amides is 1. The highest BCUT2D eigenvalue weighted by Crippen LogP contribution is 2.30. The van der Waals surface area contributed by atoms with E-state index in [1.807, 2.05) is 12.1 Å². The third kappa shape index (κ3) is 3.51. The van der Waals surface area contributed by atoms with Crippen molar-refractivity contribution in [2.45, 2.75) is 18.9 Å². The number of hydrogen-bond donors (Lipinski definition) is 2. The Morgan fingerprint density at radius 3 is 3.00 bits per heavy atom. The van der Waals surface area contributed by atoms with Crippen molar-refractivity contribution in [2.24, 2.45) is 0 Å². The van der Waals surface area contributed by atoms with Gasteiger partial charge in [-0.1, -0.05) is 18.2 Å². The van der Waals surface area contributed by atoms with Crippen molar-refractivity contribution >= 4 is 12.0 Å². The van der Waals surface area contributed by atoms with Gasteiger partial charge >= 0.3 is 0 Å². The number of methoxy groups -OCH3 is 1. The lowest BCUT2D eigenvalue weighted by molar-refractivity contribution is -0.129. The zero-order valence-corrected chi connectivity index (χ0v) is 11.5. The van der Waals surface area contributed by atoms with E-state index in [4.69, 9.17) is 14.6 Å². The van der Waals surface area contributed by atoms with Crippen molar-refractivity contribution in [3.05, 3.63) is 29.8 Å². The Hall–Kier alpha value is -2.01. The van der Waals surface area contributed by atoms with Gasteiger partial charge in [0, 0.05) is 6.54 Å². The molecule has 20 heavy (non-hydrogen) atoms. The van der Waals surface area contributed by atoms with E-state index < -0.39 is 6.10 Å². The predicted molar refractivity (Wildman–Crippen MR) is 75.8 cm³/mol. The largest absolute Gasteiger partial charge is 0.493 e. The van der Waals surface area contributed by atoms with Crippen LogP contribution in [0.4, 0.5) is 0 Å². The summed E-state index contributed by atoms with van der Waals surface area (Å²) in [4.78, 5) is 11.7. The highest BCUT2D eigenvalue weighted by Gasteiger charge is 2.24. The summed E-state index contributed by atoms with van der Waals surface area (Å²) in [6.45, 7) is 0.698. The highest BCUT2D eigenvalue weighted by atomic mass is 16.5. The molecule has 0 spiro atoms. The second-order valence-corrected chi connectivity index (χ2v) is 4.53. The summed E-state index contributed by atoms with van der Waals surface area (Å²) in [7, 11) is 1.56. The number of hydrogen-bond acceptors (Lipinski definition) is 4. The van der Waals surface area contributed by atoms with Crippen LogP contribution in [-0.2, 0) is 4.79 Å². The van der Waals surface area contributed by atoms with E-state index in [2.05, 4.69) is 5.32 Å². The molecule has 2 N–H and O–H groups in total. The number of piperidine rings is 1. The van der Waals surface area contributed by atoms with Crippen molar-refractivity contribution in [2.75, 3.05) is 20.3 Å². The Morgan fingerprint density at radius 2 is 2.30 bits per heavy atom. The van der Waals surface area contributed by atoms with Crippen molar-refractivity contribution in [1.82, 2.24) is 5.32 Å². The first kappa shape index (κ1) is 14.4. The standard InChI is InChI=1S/C15H19NO4/c1-19-14-10-11(4-3-9-17)6-7-12(14)20-13-5-2-8-16-15(13)18/h3-4,6-7,10,13,17H,2,5,8-9H2,1H3,(H,16,18)/b4-3+/t13-/m0/s1. The minimum atomic E-state index is -0.462. The molecule has 0 bridgehead atoms. The molecule has 1 heterocycles. The van der Waals surface area contributed by atoms with Crippen LogP contribution in [0.5, 0.6) is 11.5 Å². The van der Waals surface area contributed by atoms with Crippen LogP contribution in [0.2, 0.25) is 0 Å². The Bertz CT molecular complexity index is 499. The molecule has 1 aromatic rings. The summed E-state index contributed by atoms with van der Waals surface area (Å²) in [5, 5.41) is 11.6. The molecule has 1 aliphatic heterocycles. The maximum Gasteiger partial charge on any atom is 0.261 e. The number of carbonyl (C=O) groups is 1. The third-order valence-corrected chi connectivity index (χ3v) is 3.11. The van der Waals surface area contributed by atoms with Gasteiger partial charge in [0.25, 0.3) is 5.91 Å². The Labute approximate surface area is 118 Å². The normalized spacial score (nSPS) is 18.9. The fraction of sp³-hybridized carbons (Fsp3) is 0.400. The monoisotopic (exact) mass is 277 g/mol. The average Bonchev–Trinajstić information content (AvgIpc) is 2.48. The van der Waals surface area contributed by atoms with Gasteiger partial charge in [-0.15, -0.1) is 0 Å². The lowest BCUT2D eigenvalue weighted by Gasteiger charge is -2.23. The van der Waals surface area contributed by atoms with Gasteiger partial charge in [-0.2, -0.15) is 0 Å². The average molecular weight is 277 g/mol. The maximum absolute atomic E-state index is 11.7. The van der Waals surface area contributed by atoms with Crippen molar-refractivity contribution in [3.8, 4) is 11.5 Å². The molecule has 0 saturated carbocycles. The fourth-order valence-electron chi connectivity index (χ4n) is 2.08. The summed E-state index contributed by atoms with van der Waals surface area (Å²) in [5.41, 5.74) is 0.899. The number of benzene rings is 1. The zero-order chi connectivity index (χ0) is 14.4. The molecule has 0 aliphatic carbocycles. The van der Waals surface area contributed by atoms with E-state index >= 15 is 0 Å². The lowest BCUT2D eigenvalue weighted by atomic mass is 10.1. The van der Waals surface area contributed by atoms with Crippen LogP contribution in [0, 0.1) is 0 Å². The van der Waals surface area contributed by atoms with E-state index in [0.717, 1.165) is 12.0 Å². The second-order valence-electron chi connectivity index (χ2n) is 4.53. The molecule has 108 valence electrons. The smallest absolute Gasteiger partial charge is 0.261 e. The summed E-state index contributed by atoms with van der Waals surface area (Å²) < 4.78 is 11.0. The quantitative estimate of drug-likeness (QED) is 0.852. The molecule has 0 radical (unpaired) electrons. The van der Waals surface area contributed by atoms with Gasteiger partial charge in [0.05, 0.1) is 13.7 Å². The predicted octanol–water partition coefficient (Wildman–Crippen LogP) is 1.36. The third-order valence-electron chi connectivity index (χ3n) is 3.11. The van der Waals surface area contributed by atoms with Crippen molar-refractivity contribution in [3.63, 3.8) is 0 Å². The molecule has 2 rings (SSSR count). The first-order valence-electron chi connectivity index (χ1n) is 6.64. The van der Waals surface area contributed by atoms with Crippen molar-refractivity contribution in [1.29, 1.82) is 0 Å². The Morgan fingerprint density at radius 1 is 1.45 bits per heavy atom. The van der Waals surface area contributed by atoms with Gasteiger partial charge in [-0.25, -0.2) is 0 Å². The number of aliphatic hydroxyl groups is 1. The zero-order valence-electron chi connectivity index (χ0n) is 11.5. The fourth-order valence-corrected chi connectivity index (χ4v) is 2.08. The number of aliphatic hydroxyl groups excluding tert-OH is 1. The molecule has 1 aliphatic rings. The first-order chi connectivity index (χ1) is 9.74. The molecule has 1 saturated heterocycles. The van der Waals surface area contributed by atoms with Crippen LogP contribution in [0.15, 0.2) is 24.3 Å². The van der Waals surface area contributed by atoms with Gasteiger partial charge in [-0.05, 0) is 30.5 Å². The minimum absolute atomic E-state index is 0.0111. The maximum atomic E-state index is 11.7. The number of rotatable bonds is 5. The van der Waals surface area contributed by atoms with E-state index in [0.29, 0.717) is 24.5 Å². The van der Waals surface area contributed by atoms with Crippen LogP contribution in [0.25, 0.3) is 6.08 Å². The SMILES string of the molecule is COc1cc(/C=C/CO)ccc1O[C@H]1CCCNC1=O. The molecule has 5 heteroatoms.